The number of rotatable bonds is 7. The molecule has 0 spiro atoms. The monoisotopic (exact) mass is 271 g/mol. The zero-order chi connectivity index (χ0) is 13.5. The molecule has 0 aliphatic carbocycles. The van der Waals surface area contributed by atoms with Crippen LogP contribution in [0.15, 0.2) is 12.3 Å². The standard InChI is InChI=1S/C12H21N3O2S/c1-9(2)15-11(5-6-13-15)14-12(16)10(3)18-8-7-17-4/h5-6,9-10H,7-8H2,1-4H3,(H,14,16). The Morgan fingerprint density at radius 2 is 2.28 bits per heavy atom. The Hall–Kier alpha value is -1.01. The number of hydrogen-bond acceptors (Lipinski definition) is 4. The third-order valence-electron chi connectivity index (χ3n) is 2.44. The summed E-state index contributed by atoms with van der Waals surface area (Å²) in [5, 5.41) is 6.98. The van der Waals surface area contributed by atoms with Crippen LogP contribution in [0.2, 0.25) is 0 Å². The summed E-state index contributed by atoms with van der Waals surface area (Å²) in [6.45, 7) is 6.61. The van der Waals surface area contributed by atoms with Gasteiger partial charge in [-0.25, -0.2) is 4.68 Å². The van der Waals surface area contributed by atoms with Gasteiger partial charge in [0.25, 0.3) is 0 Å². The molecule has 0 aliphatic heterocycles. The van der Waals surface area contributed by atoms with Crippen LogP contribution in [0.5, 0.6) is 0 Å². The summed E-state index contributed by atoms with van der Waals surface area (Å²) in [4.78, 5) is 12.0. The Bertz CT molecular complexity index is 379. The molecule has 5 nitrogen and oxygen atoms in total. The number of ether oxygens (including phenoxy) is 1. The van der Waals surface area contributed by atoms with Crippen LogP contribution in [0.3, 0.4) is 0 Å². The minimum atomic E-state index is -0.101. The van der Waals surface area contributed by atoms with Crippen molar-refractivity contribution in [1.29, 1.82) is 0 Å². The highest BCUT2D eigenvalue weighted by molar-refractivity contribution is 8.00. The zero-order valence-corrected chi connectivity index (χ0v) is 12.2. The first-order chi connectivity index (χ1) is 8.56. The fourth-order valence-corrected chi connectivity index (χ4v) is 2.26. The Balaban J connectivity index is 2.50. The van der Waals surface area contributed by atoms with Gasteiger partial charge in [0, 0.05) is 25.0 Å². The summed E-state index contributed by atoms with van der Waals surface area (Å²) in [7, 11) is 1.66. The van der Waals surface area contributed by atoms with Crippen molar-refractivity contribution in [1.82, 2.24) is 9.78 Å². The molecule has 0 saturated heterocycles. The van der Waals surface area contributed by atoms with E-state index < -0.39 is 0 Å². The van der Waals surface area contributed by atoms with Gasteiger partial charge in [-0.15, -0.1) is 11.8 Å². The number of aromatic nitrogens is 2. The molecule has 1 aromatic heterocycles. The summed E-state index contributed by atoms with van der Waals surface area (Å²) in [5.74, 6) is 1.56. The number of anilines is 1. The molecule has 0 fully saturated rings. The van der Waals surface area contributed by atoms with E-state index in [9.17, 15) is 4.79 Å². The van der Waals surface area contributed by atoms with Gasteiger partial charge in [0.2, 0.25) is 5.91 Å². The fourth-order valence-electron chi connectivity index (χ4n) is 1.44. The maximum absolute atomic E-state index is 12.0. The number of nitrogens with zero attached hydrogens (tertiary/aromatic N) is 2. The van der Waals surface area contributed by atoms with Crippen LogP contribution in [0.1, 0.15) is 26.8 Å². The van der Waals surface area contributed by atoms with Crippen LogP contribution < -0.4 is 5.32 Å². The second-order valence-electron chi connectivity index (χ2n) is 4.25. The first kappa shape index (κ1) is 15.0. The molecule has 1 aromatic rings. The molecule has 1 amide bonds. The van der Waals surface area contributed by atoms with Crippen LogP contribution in [0.4, 0.5) is 5.82 Å². The molecule has 0 saturated carbocycles. The Morgan fingerprint density at radius 1 is 1.56 bits per heavy atom. The van der Waals surface area contributed by atoms with E-state index in [0.29, 0.717) is 6.61 Å². The average Bonchev–Trinajstić information content (AvgIpc) is 2.77. The predicted octanol–water partition coefficient (Wildman–Crippen LogP) is 2.17. The van der Waals surface area contributed by atoms with Gasteiger partial charge < -0.3 is 10.1 Å². The molecular formula is C12H21N3O2S. The number of methoxy groups -OCH3 is 1. The highest BCUT2D eigenvalue weighted by Crippen LogP contribution is 2.16. The van der Waals surface area contributed by atoms with Crippen molar-refractivity contribution in [2.45, 2.75) is 32.1 Å². The summed E-state index contributed by atoms with van der Waals surface area (Å²) in [6.07, 6.45) is 1.69. The van der Waals surface area contributed by atoms with Gasteiger partial charge in [0.15, 0.2) is 0 Å². The third-order valence-corrected chi connectivity index (χ3v) is 3.55. The predicted molar refractivity (Wildman–Crippen MR) is 75.0 cm³/mol. The molecule has 18 heavy (non-hydrogen) atoms. The summed E-state index contributed by atoms with van der Waals surface area (Å²) in [6, 6.07) is 2.04. The highest BCUT2D eigenvalue weighted by atomic mass is 32.2. The Labute approximate surface area is 112 Å². The smallest absolute Gasteiger partial charge is 0.238 e. The van der Waals surface area contributed by atoms with E-state index in [2.05, 4.69) is 10.4 Å². The third kappa shape index (κ3) is 4.34. The largest absolute Gasteiger partial charge is 0.384 e. The summed E-state index contributed by atoms with van der Waals surface area (Å²) < 4.78 is 6.76. The molecule has 1 rings (SSSR count). The molecule has 0 aromatic carbocycles. The van der Waals surface area contributed by atoms with E-state index in [0.717, 1.165) is 11.6 Å². The number of thioether (sulfide) groups is 1. The average molecular weight is 271 g/mol. The summed E-state index contributed by atoms with van der Waals surface area (Å²) >= 11 is 1.58. The van der Waals surface area contributed by atoms with Crippen LogP contribution in [-0.2, 0) is 9.53 Å². The van der Waals surface area contributed by atoms with Crippen molar-refractivity contribution < 1.29 is 9.53 Å². The Kier molecular flexibility index (Phi) is 6.21. The van der Waals surface area contributed by atoms with Gasteiger partial charge in [-0.3, -0.25) is 4.79 Å². The summed E-state index contributed by atoms with van der Waals surface area (Å²) in [5.41, 5.74) is 0. The van der Waals surface area contributed by atoms with Crippen molar-refractivity contribution in [3.05, 3.63) is 12.3 Å². The first-order valence-corrected chi connectivity index (χ1v) is 7.06. The van der Waals surface area contributed by atoms with Crippen molar-refractivity contribution in [3.63, 3.8) is 0 Å². The lowest BCUT2D eigenvalue weighted by molar-refractivity contribution is -0.115. The van der Waals surface area contributed by atoms with Crippen molar-refractivity contribution in [3.8, 4) is 0 Å². The highest BCUT2D eigenvalue weighted by Gasteiger charge is 2.15. The maximum atomic E-state index is 12.0. The van der Waals surface area contributed by atoms with Crippen LogP contribution in [0, 0.1) is 0 Å². The van der Waals surface area contributed by atoms with Gasteiger partial charge in [0.1, 0.15) is 5.82 Å². The lowest BCUT2D eigenvalue weighted by atomic mass is 10.4. The normalized spacial score (nSPS) is 12.7. The fraction of sp³-hybridized carbons (Fsp3) is 0.667. The molecule has 1 N–H and O–H groups in total. The number of nitrogens with one attached hydrogen (secondary N) is 1. The van der Waals surface area contributed by atoms with E-state index in [4.69, 9.17) is 4.74 Å². The van der Waals surface area contributed by atoms with E-state index in [1.54, 1.807) is 29.8 Å². The van der Waals surface area contributed by atoms with E-state index in [1.165, 1.54) is 0 Å². The quantitative estimate of drug-likeness (QED) is 0.772. The molecule has 0 aliphatic rings. The van der Waals surface area contributed by atoms with Crippen LogP contribution >= 0.6 is 11.8 Å². The zero-order valence-electron chi connectivity index (χ0n) is 11.3. The number of carbonyl (C=O) groups excluding carboxylic acids is 1. The van der Waals surface area contributed by atoms with Gasteiger partial charge in [-0.05, 0) is 20.8 Å². The lowest BCUT2D eigenvalue weighted by Crippen LogP contribution is -2.25. The van der Waals surface area contributed by atoms with E-state index in [1.807, 2.05) is 26.8 Å². The minimum Gasteiger partial charge on any atom is -0.384 e. The molecule has 102 valence electrons. The molecular weight excluding hydrogens is 250 g/mol. The lowest BCUT2D eigenvalue weighted by Gasteiger charge is -2.14. The number of carbonyl (C=O) groups is 1. The molecule has 1 unspecified atom stereocenters. The minimum absolute atomic E-state index is 0.00139. The molecule has 0 radical (unpaired) electrons. The second kappa shape index (κ2) is 7.43. The van der Waals surface area contributed by atoms with Gasteiger partial charge in [-0.1, -0.05) is 0 Å². The van der Waals surface area contributed by atoms with Gasteiger partial charge in [-0.2, -0.15) is 5.10 Å². The SMILES string of the molecule is COCCSC(C)C(=O)Nc1ccnn1C(C)C. The molecule has 0 bridgehead atoms. The van der Waals surface area contributed by atoms with Crippen molar-refractivity contribution >= 4 is 23.5 Å². The molecule has 6 heteroatoms. The second-order valence-corrected chi connectivity index (χ2v) is 5.70. The van der Waals surface area contributed by atoms with E-state index in [-0.39, 0.29) is 17.2 Å². The molecule has 1 atom stereocenters. The number of hydrogen-bond donors (Lipinski definition) is 1. The number of amides is 1. The van der Waals surface area contributed by atoms with Crippen molar-refractivity contribution in [2.75, 3.05) is 24.8 Å². The Morgan fingerprint density at radius 3 is 2.89 bits per heavy atom. The molecule has 1 heterocycles. The van der Waals surface area contributed by atoms with Crippen LogP contribution in [0.25, 0.3) is 0 Å². The van der Waals surface area contributed by atoms with Crippen molar-refractivity contribution in [2.24, 2.45) is 0 Å². The van der Waals surface area contributed by atoms with Crippen LogP contribution in [-0.4, -0.2) is 40.4 Å². The maximum Gasteiger partial charge on any atom is 0.238 e. The van der Waals surface area contributed by atoms with E-state index >= 15 is 0 Å². The topological polar surface area (TPSA) is 56.1 Å². The first-order valence-electron chi connectivity index (χ1n) is 6.01. The van der Waals surface area contributed by atoms with Gasteiger partial charge in [0.05, 0.1) is 18.1 Å². The van der Waals surface area contributed by atoms with Gasteiger partial charge >= 0.3 is 0 Å².